The zero-order chi connectivity index (χ0) is 28.0. The van der Waals surface area contributed by atoms with E-state index in [0.717, 1.165) is 16.1 Å². The lowest BCUT2D eigenvalue weighted by atomic mass is 10.0. The van der Waals surface area contributed by atoms with Gasteiger partial charge in [-0.15, -0.1) is 0 Å². The Morgan fingerprint density at radius 3 is 2.00 bits per heavy atom. The molecule has 0 aliphatic heterocycles. The van der Waals surface area contributed by atoms with Gasteiger partial charge in [-0.2, -0.15) is 0 Å². The van der Waals surface area contributed by atoms with Gasteiger partial charge in [0.25, 0.3) is 0 Å². The summed E-state index contributed by atoms with van der Waals surface area (Å²) in [5, 5.41) is 3.60. The first kappa shape index (κ1) is 30.1. The molecule has 1 atom stereocenters. The fourth-order valence-corrected chi connectivity index (χ4v) is 5.26. The highest BCUT2D eigenvalue weighted by Gasteiger charge is 2.32. The average molecular weight is 617 g/mol. The van der Waals surface area contributed by atoms with Crippen molar-refractivity contribution in [2.24, 2.45) is 0 Å². The Labute approximate surface area is 242 Å². The third kappa shape index (κ3) is 7.77. The molecular formula is C26H25Cl4N3O4S. The van der Waals surface area contributed by atoms with Crippen LogP contribution in [-0.2, 0) is 32.6 Å². The second-order valence-corrected chi connectivity index (χ2v) is 12.0. The summed E-state index contributed by atoms with van der Waals surface area (Å²) >= 11 is 24.4. The van der Waals surface area contributed by atoms with Crippen molar-refractivity contribution in [2.45, 2.75) is 19.0 Å². The first-order chi connectivity index (χ1) is 17.9. The summed E-state index contributed by atoms with van der Waals surface area (Å²) in [6.07, 6.45) is 1.17. The molecule has 0 aromatic heterocycles. The quantitative estimate of drug-likeness (QED) is 0.328. The van der Waals surface area contributed by atoms with Crippen LogP contribution in [0.15, 0.2) is 66.7 Å². The van der Waals surface area contributed by atoms with Crippen molar-refractivity contribution in [1.82, 2.24) is 10.2 Å². The molecule has 2 amide bonds. The fourth-order valence-electron chi connectivity index (χ4n) is 3.81. The van der Waals surface area contributed by atoms with Crippen molar-refractivity contribution in [2.75, 3.05) is 24.2 Å². The van der Waals surface area contributed by atoms with Gasteiger partial charge in [-0.3, -0.25) is 13.9 Å². The van der Waals surface area contributed by atoms with Crippen molar-refractivity contribution in [3.05, 3.63) is 97.9 Å². The summed E-state index contributed by atoms with van der Waals surface area (Å²) in [6.45, 7) is -0.611. The monoisotopic (exact) mass is 615 g/mol. The maximum absolute atomic E-state index is 13.9. The van der Waals surface area contributed by atoms with Crippen LogP contribution in [0.4, 0.5) is 5.69 Å². The van der Waals surface area contributed by atoms with Crippen molar-refractivity contribution < 1.29 is 18.0 Å². The van der Waals surface area contributed by atoms with Crippen LogP contribution < -0.4 is 9.62 Å². The molecule has 0 aliphatic rings. The number of benzene rings is 3. The maximum Gasteiger partial charge on any atom is 0.244 e. The highest BCUT2D eigenvalue weighted by molar-refractivity contribution is 7.92. The number of amides is 2. The SMILES string of the molecule is CNC(=O)[C@@H](Cc1ccccc1)N(Cc1ccc(Cl)c(Cl)c1)C(=O)CN(c1ccc(Cl)c(Cl)c1)S(C)(=O)=O. The normalized spacial score (nSPS) is 12.1. The van der Waals surface area contributed by atoms with E-state index in [2.05, 4.69) is 5.32 Å². The molecule has 0 saturated heterocycles. The molecule has 0 bridgehead atoms. The van der Waals surface area contributed by atoms with Crippen molar-refractivity contribution in [1.29, 1.82) is 0 Å². The van der Waals surface area contributed by atoms with Gasteiger partial charge >= 0.3 is 0 Å². The number of hydrogen-bond acceptors (Lipinski definition) is 4. The molecule has 0 fully saturated rings. The Morgan fingerprint density at radius 1 is 0.842 bits per heavy atom. The molecule has 7 nitrogen and oxygen atoms in total. The summed E-state index contributed by atoms with van der Waals surface area (Å²) in [6, 6.07) is 17.4. The summed E-state index contributed by atoms with van der Waals surface area (Å²) in [4.78, 5) is 28.3. The lowest BCUT2D eigenvalue weighted by Crippen LogP contribution is -2.52. The van der Waals surface area contributed by atoms with E-state index in [1.54, 1.807) is 18.2 Å². The second-order valence-electron chi connectivity index (χ2n) is 8.46. The van der Waals surface area contributed by atoms with E-state index in [0.29, 0.717) is 10.6 Å². The van der Waals surface area contributed by atoms with Gasteiger partial charge in [0.1, 0.15) is 12.6 Å². The Morgan fingerprint density at radius 2 is 1.45 bits per heavy atom. The molecule has 0 unspecified atom stereocenters. The number of sulfonamides is 1. The number of halogens is 4. The van der Waals surface area contributed by atoms with Crippen LogP contribution in [0.5, 0.6) is 0 Å². The number of carbonyl (C=O) groups is 2. The first-order valence-electron chi connectivity index (χ1n) is 11.3. The van der Waals surface area contributed by atoms with E-state index >= 15 is 0 Å². The van der Waals surface area contributed by atoms with E-state index in [1.807, 2.05) is 30.3 Å². The summed E-state index contributed by atoms with van der Waals surface area (Å²) in [7, 11) is -2.45. The van der Waals surface area contributed by atoms with E-state index in [-0.39, 0.29) is 33.7 Å². The van der Waals surface area contributed by atoms with Gasteiger partial charge in [-0.25, -0.2) is 8.42 Å². The number of anilines is 1. The van der Waals surface area contributed by atoms with Gasteiger partial charge in [0.05, 0.1) is 32.0 Å². The van der Waals surface area contributed by atoms with Crippen LogP contribution in [0.25, 0.3) is 0 Å². The molecule has 3 aromatic carbocycles. The standard InChI is InChI=1S/C26H25Cl4N3O4S/c1-31-26(35)24(13-17-6-4-3-5-7-17)32(15-18-8-10-20(27)22(29)12-18)25(34)16-33(38(2,36)37)19-9-11-21(28)23(30)14-19/h3-12,14,24H,13,15-16H2,1-2H3,(H,31,35)/t24-/m1/s1. The Kier molecular flexibility index (Phi) is 10.3. The van der Waals surface area contributed by atoms with Crippen LogP contribution in [0, 0.1) is 0 Å². The Balaban J connectivity index is 2.05. The summed E-state index contributed by atoms with van der Waals surface area (Å²) in [5.74, 6) is -1.03. The molecule has 0 saturated carbocycles. The number of nitrogens with zero attached hydrogens (tertiary/aromatic N) is 2. The van der Waals surface area contributed by atoms with Crippen molar-refractivity contribution in [3.63, 3.8) is 0 Å². The third-order valence-corrected chi connectivity index (χ3v) is 8.34. The highest BCUT2D eigenvalue weighted by atomic mass is 35.5. The van der Waals surface area contributed by atoms with Gasteiger partial charge < -0.3 is 10.2 Å². The fraction of sp³-hybridized carbons (Fsp3) is 0.231. The molecule has 0 heterocycles. The molecule has 0 aliphatic carbocycles. The molecule has 0 radical (unpaired) electrons. The largest absolute Gasteiger partial charge is 0.357 e. The van der Waals surface area contributed by atoms with Crippen molar-refractivity contribution >= 4 is 73.9 Å². The number of hydrogen-bond donors (Lipinski definition) is 1. The minimum absolute atomic E-state index is 0.0282. The zero-order valence-electron chi connectivity index (χ0n) is 20.5. The smallest absolute Gasteiger partial charge is 0.244 e. The third-order valence-electron chi connectivity index (χ3n) is 5.72. The van der Waals surface area contributed by atoms with Crippen LogP contribution in [0.3, 0.4) is 0 Å². The van der Waals surface area contributed by atoms with E-state index in [9.17, 15) is 18.0 Å². The zero-order valence-corrected chi connectivity index (χ0v) is 24.3. The van der Waals surface area contributed by atoms with E-state index < -0.39 is 34.4 Å². The Hall–Kier alpha value is -2.49. The maximum atomic E-state index is 13.9. The molecular weight excluding hydrogens is 592 g/mol. The molecule has 3 aromatic rings. The lowest BCUT2D eigenvalue weighted by Gasteiger charge is -2.33. The summed E-state index contributed by atoms with van der Waals surface area (Å²) < 4.78 is 26.4. The van der Waals surface area contributed by atoms with Crippen LogP contribution in [0.1, 0.15) is 11.1 Å². The Bertz CT molecular complexity index is 1420. The topological polar surface area (TPSA) is 86.8 Å². The van der Waals surface area contributed by atoms with Gasteiger partial charge in [-0.1, -0.05) is 82.8 Å². The molecule has 38 heavy (non-hydrogen) atoms. The van der Waals surface area contributed by atoms with Gasteiger partial charge in [0, 0.05) is 20.0 Å². The lowest BCUT2D eigenvalue weighted by molar-refractivity contribution is -0.139. The predicted molar refractivity (Wildman–Crippen MR) is 154 cm³/mol. The predicted octanol–water partition coefficient (Wildman–Crippen LogP) is 5.45. The minimum Gasteiger partial charge on any atom is -0.357 e. The van der Waals surface area contributed by atoms with E-state index in [4.69, 9.17) is 46.4 Å². The second kappa shape index (κ2) is 13.0. The number of nitrogens with one attached hydrogen (secondary N) is 1. The number of rotatable bonds is 10. The van der Waals surface area contributed by atoms with E-state index in [1.165, 1.54) is 30.1 Å². The van der Waals surface area contributed by atoms with Crippen molar-refractivity contribution in [3.8, 4) is 0 Å². The highest BCUT2D eigenvalue weighted by Crippen LogP contribution is 2.29. The van der Waals surface area contributed by atoms with Gasteiger partial charge in [0.2, 0.25) is 21.8 Å². The molecule has 3 rings (SSSR count). The average Bonchev–Trinajstić information content (AvgIpc) is 2.87. The number of likely N-dealkylation sites (N-methyl/N-ethyl adjacent to an activating group) is 1. The molecule has 0 spiro atoms. The van der Waals surface area contributed by atoms with Gasteiger partial charge in [-0.05, 0) is 41.5 Å². The summed E-state index contributed by atoms with van der Waals surface area (Å²) in [5.41, 5.74) is 1.58. The van der Waals surface area contributed by atoms with Crippen LogP contribution in [-0.4, -0.2) is 51.0 Å². The van der Waals surface area contributed by atoms with Crippen LogP contribution in [0.2, 0.25) is 20.1 Å². The van der Waals surface area contributed by atoms with Gasteiger partial charge in [0.15, 0.2) is 0 Å². The first-order valence-corrected chi connectivity index (χ1v) is 14.7. The number of carbonyl (C=O) groups excluding carboxylic acids is 2. The molecule has 1 N–H and O–H groups in total. The molecule has 202 valence electrons. The molecule has 12 heteroatoms. The minimum atomic E-state index is -3.93. The van der Waals surface area contributed by atoms with Crippen LogP contribution >= 0.6 is 46.4 Å².